The lowest BCUT2D eigenvalue weighted by Gasteiger charge is -2.43. The zero-order valence-corrected chi connectivity index (χ0v) is 15.1. The molecular weight excluding hydrogens is 272 g/mol. The molecule has 1 N–H and O–H groups in total. The molecule has 2 bridgehead atoms. The number of hydrogen-bond acceptors (Lipinski definition) is 2. The van der Waals surface area contributed by atoms with Gasteiger partial charge >= 0.3 is 0 Å². The van der Waals surface area contributed by atoms with Gasteiger partial charge in [-0.05, 0) is 77.6 Å². The highest BCUT2D eigenvalue weighted by atomic mass is 16.5. The molecule has 0 aromatic heterocycles. The Labute approximate surface area is 136 Å². The molecule has 126 valence electrons. The average Bonchev–Trinajstić information content (AvgIpc) is 2.89. The van der Waals surface area contributed by atoms with Crippen LogP contribution >= 0.6 is 0 Å². The number of fused-ring (bicyclic) bond motifs is 2. The van der Waals surface area contributed by atoms with Crippen molar-refractivity contribution in [2.24, 2.45) is 11.3 Å². The average molecular weight is 306 g/mol. The topological polar surface area (TPSA) is 29.5 Å². The van der Waals surface area contributed by atoms with Gasteiger partial charge in [-0.3, -0.25) is 0 Å². The van der Waals surface area contributed by atoms with Crippen LogP contribution in [0.25, 0.3) is 0 Å². The van der Waals surface area contributed by atoms with E-state index >= 15 is 0 Å². The van der Waals surface area contributed by atoms with E-state index in [0.717, 1.165) is 25.7 Å². The van der Waals surface area contributed by atoms with Crippen molar-refractivity contribution in [2.45, 2.75) is 90.4 Å². The molecule has 0 aliphatic carbocycles. The third-order valence-corrected chi connectivity index (χ3v) is 6.20. The third-order valence-electron chi connectivity index (χ3n) is 6.20. The second-order valence-electron chi connectivity index (χ2n) is 8.44. The summed E-state index contributed by atoms with van der Waals surface area (Å²) >= 11 is 0. The van der Waals surface area contributed by atoms with Crippen LogP contribution in [0.1, 0.15) is 73.1 Å². The standard InChI is InChI=1S/C20H34O2/c1-7-18(4,21)13-10-16-19(5,12-8-9-15(2)3)17-11-14-20(16,6)22-17/h7,9,16-17,21H,1,8,10-14H2,2-6H3/t16?,17?,18-,19+,20-/m1/s1. The normalized spacial score (nSPS) is 39.5. The van der Waals surface area contributed by atoms with Gasteiger partial charge in [0, 0.05) is 0 Å². The van der Waals surface area contributed by atoms with Gasteiger partial charge in [0.1, 0.15) is 0 Å². The van der Waals surface area contributed by atoms with Crippen LogP contribution in [-0.4, -0.2) is 22.4 Å². The number of ether oxygens (including phenoxy) is 1. The quantitative estimate of drug-likeness (QED) is 0.669. The fourth-order valence-electron chi connectivity index (χ4n) is 4.68. The second kappa shape index (κ2) is 6.13. The Kier molecular flexibility index (Phi) is 4.94. The maximum Gasteiger partial charge on any atom is 0.0797 e. The molecule has 2 rings (SSSR count). The van der Waals surface area contributed by atoms with Crippen molar-refractivity contribution in [2.75, 3.05) is 0 Å². The molecule has 2 heterocycles. The lowest BCUT2D eigenvalue weighted by Crippen LogP contribution is -2.43. The van der Waals surface area contributed by atoms with E-state index in [1.807, 2.05) is 6.92 Å². The lowest BCUT2D eigenvalue weighted by atomic mass is 9.59. The first-order valence-corrected chi connectivity index (χ1v) is 8.80. The van der Waals surface area contributed by atoms with Crippen LogP contribution in [0.3, 0.4) is 0 Å². The highest BCUT2D eigenvalue weighted by Crippen LogP contribution is 2.61. The van der Waals surface area contributed by atoms with Gasteiger partial charge in [-0.2, -0.15) is 0 Å². The zero-order chi connectivity index (χ0) is 16.6. The summed E-state index contributed by atoms with van der Waals surface area (Å²) in [5, 5.41) is 10.3. The van der Waals surface area contributed by atoms with Crippen LogP contribution in [-0.2, 0) is 4.74 Å². The third kappa shape index (κ3) is 3.33. The summed E-state index contributed by atoms with van der Waals surface area (Å²) in [6.07, 6.45) is 10.8. The van der Waals surface area contributed by atoms with Gasteiger partial charge in [0.15, 0.2) is 0 Å². The SMILES string of the molecule is C=C[C@@](C)(O)CCC1[C@](C)(CCC=C(C)C)C2CC[C@@]1(C)O2. The van der Waals surface area contributed by atoms with Crippen LogP contribution in [0.4, 0.5) is 0 Å². The maximum atomic E-state index is 10.3. The highest BCUT2D eigenvalue weighted by molar-refractivity contribution is 5.11. The molecule has 2 aliphatic heterocycles. The van der Waals surface area contributed by atoms with Gasteiger partial charge in [-0.15, -0.1) is 6.58 Å². The van der Waals surface area contributed by atoms with Crippen molar-refractivity contribution in [1.29, 1.82) is 0 Å². The summed E-state index contributed by atoms with van der Waals surface area (Å²) in [5.41, 5.74) is 0.863. The number of aliphatic hydroxyl groups is 1. The van der Waals surface area contributed by atoms with Gasteiger partial charge in [-0.25, -0.2) is 0 Å². The minimum absolute atomic E-state index is 0.00163. The smallest absolute Gasteiger partial charge is 0.0797 e. The maximum absolute atomic E-state index is 10.3. The van der Waals surface area contributed by atoms with E-state index in [1.165, 1.54) is 18.4 Å². The van der Waals surface area contributed by atoms with Crippen molar-refractivity contribution >= 4 is 0 Å². The van der Waals surface area contributed by atoms with E-state index in [9.17, 15) is 5.11 Å². The first-order chi connectivity index (χ1) is 10.1. The Morgan fingerprint density at radius 3 is 2.68 bits per heavy atom. The minimum Gasteiger partial charge on any atom is -0.386 e. The summed E-state index contributed by atoms with van der Waals surface area (Å²) < 4.78 is 6.42. The summed E-state index contributed by atoms with van der Waals surface area (Å²) in [4.78, 5) is 0. The number of hydrogen-bond donors (Lipinski definition) is 1. The van der Waals surface area contributed by atoms with Gasteiger partial charge in [0.2, 0.25) is 0 Å². The summed E-state index contributed by atoms with van der Waals surface area (Å²) in [5.74, 6) is 0.524. The molecule has 0 aromatic rings. The second-order valence-corrected chi connectivity index (χ2v) is 8.44. The lowest BCUT2D eigenvalue weighted by molar-refractivity contribution is -0.000268. The summed E-state index contributed by atoms with van der Waals surface area (Å²) in [6, 6.07) is 0. The largest absolute Gasteiger partial charge is 0.386 e. The Hall–Kier alpha value is -0.600. The van der Waals surface area contributed by atoms with Gasteiger partial charge in [-0.1, -0.05) is 24.6 Å². The molecule has 2 heteroatoms. The van der Waals surface area contributed by atoms with E-state index in [2.05, 4.69) is 40.3 Å². The van der Waals surface area contributed by atoms with E-state index < -0.39 is 5.60 Å². The molecule has 2 fully saturated rings. The van der Waals surface area contributed by atoms with Crippen molar-refractivity contribution in [3.8, 4) is 0 Å². The predicted octanol–water partition coefficient (Wildman–Crippen LogP) is 5.02. The van der Waals surface area contributed by atoms with Crippen molar-refractivity contribution < 1.29 is 9.84 Å². The van der Waals surface area contributed by atoms with Gasteiger partial charge in [0.05, 0.1) is 17.3 Å². The van der Waals surface area contributed by atoms with Crippen molar-refractivity contribution in [3.05, 3.63) is 24.3 Å². The predicted molar refractivity (Wildman–Crippen MR) is 92.8 cm³/mol. The summed E-state index contributed by atoms with van der Waals surface area (Å²) in [6.45, 7) is 14.6. The molecule has 0 amide bonds. The Morgan fingerprint density at radius 2 is 2.09 bits per heavy atom. The molecule has 2 aliphatic rings. The number of allylic oxidation sites excluding steroid dienone is 2. The van der Waals surface area contributed by atoms with Crippen LogP contribution in [0, 0.1) is 11.3 Å². The van der Waals surface area contributed by atoms with Crippen LogP contribution in [0.2, 0.25) is 0 Å². The van der Waals surface area contributed by atoms with E-state index in [0.29, 0.717) is 12.0 Å². The Morgan fingerprint density at radius 1 is 1.41 bits per heavy atom. The fraction of sp³-hybridized carbons (Fsp3) is 0.800. The first kappa shape index (κ1) is 17.7. The van der Waals surface area contributed by atoms with E-state index in [-0.39, 0.29) is 11.0 Å². The Balaban J connectivity index is 2.12. The van der Waals surface area contributed by atoms with Crippen molar-refractivity contribution in [3.63, 3.8) is 0 Å². The molecule has 0 radical (unpaired) electrons. The molecule has 2 unspecified atom stereocenters. The number of rotatable bonds is 7. The molecular formula is C20H34O2. The molecule has 22 heavy (non-hydrogen) atoms. The van der Waals surface area contributed by atoms with E-state index in [1.54, 1.807) is 6.08 Å². The van der Waals surface area contributed by atoms with Crippen LogP contribution in [0.15, 0.2) is 24.3 Å². The molecule has 0 spiro atoms. The molecule has 5 atom stereocenters. The summed E-state index contributed by atoms with van der Waals surface area (Å²) in [7, 11) is 0. The molecule has 0 saturated carbocycles. The van der Waals surface area contributed by atoms with Crippen LogP contribution < -0.4 is 0 Å². The molecule has 2 nitrogen and oxygen atoms in total. The highest BCUT2D eigenvalue weighted by Gasteiger charge is 2.61. The molecule has 0 aromatic carbocycles. The first-order valence-electron chi connectivity index (χ1n) is 8.80. The fourth-order valence-corrected chi connectivity index (χ4v) is 4.68. The zero-order valence-electron chi connectivity index (χ0n) is 15.1. The Bertz CT molecular complexity index is 447. The van der Waals surface area contributed by atoms with Gasteiger partial charge in [0.25, 0.3) is 0 Å². The van der Waals surface area contributed by atoms with Crippen molar-refractivity contribution in [1.82, 2.24) is 0 Å². The monoisotopic (exact) mass is 306 g/mol. The minimum atomic E-state index is -0.765. The van der Waals surface area contributed by atoms with Gasteiger partial charge < -0.3 is 9.84 Å². The molecule has 2 saturated heterocycles. The van der Waals surface area contributed by atoms with E-state index in [4.69, 9.17) is 4.74 Å². The van der Waals surface area contributed by atoms with Crippen LogP contribution in [0.5, 0.6) is 0 Å².